The molecule has 1 aromatic carbocycles. The van der Waals surface area contributed by atoms with Crippen LogP contribution in [0.15, 0.2) is 30.3 Å². The van der Waals surface area contributed by atoms with E-state index in [1.807, 2.05) is 6.92 Å². The van der Waals surface area contributed by atoms with Crippen molar-refractivity contribution in [1.29, 1.82) is 0 Å². The molecule has 5 heteroatoms. The number of halogens is 3. The van der Waals surface area contributed by atoms with Crippen molar-refractivity contribution in [3.05, 3.63) is 35.9 Å². The second kappa shape index (κ2) is 7.19. The molecule has 0 aliphatic carbocycles. The third kappa shape index (κ3) is 5.34. The topological polar surface area (TPSA) is 35.2 Å². The lowest BCUT2D eigenvalue weighted by molar-refractivity contribution is -0.136. The van der Waals surface area contributed by atoms with Crippen molar-refractivity contribution in [1.82, 2.24) is 0 Å². The summed E-state index contributed by atoms with van der Waals surface area (Å²) < 4.78 is 42.4. The van der Waals surface area contributed by atoms with Crippen molar-refractivity contribution in [2.24, 2.45) is 5.73 Å². The fourth-order valence-electron chi connectivity index (χ4n) is 1.39. The zero-order valence-electron chi connectivity index (χ0n) is 10.8. The predicted molar refractivity (Wildman–Crippen MR) is 69.9 cm³/mol. The molecule has 0 unspecified atom stereocenters. The fraction of sp³-hybridized carbons (Fsp3) is 0.429. The first-order valence-corrected chi connectivity index (χ1v) is 6.17. The summed E-state index contributed by atoms with van der Waals surface area (Å²) in [6, 6.07) is 4.99. The molecule has 106 valence electrons. The van der Waals surface area contributed by atoms with E-state index in [1.165, 1.54) is 6.08 Å². The van der Waals surface area contributed by atoms with Crippen molar-refractivity contribution in [2.45, 2.75) is 32.0 Å². The molecule has 0 amide bonds. The number of ether oxygens (including phenoxy) is 1. The Labute approximate surface area is 111 Å². The van der Waals surface area contributed by atoms with Gasteiger partial charge in [0.1, 0.15) is 11.8 Å². The second-order valence-corrected chi connectivity index (χ2v) is 4.17. The molecule has 0 saturated heterocycles. The Kier molecular flexibility index (Phi) is 5.89. The third-order valence-electron chi connectivity index (χ3n) is 2.54. The van der Waals surface area contributed by atoms with Crippen molar-refractivity contribution in [2.75, 3.05) is 6.61 Å². The summed E-state index contributed by atoms with van der Waals surface area (Å²) in [5.41, 5.74) is 5.61. The lowest BCUT2D eigenvalue weighted by Gasteiger charge is -2.12. The van der Waals surface area contributed by atoms with E-state index in [2.05, 4.69) is 0 Å². The molecule has 0 aliphatic rings. The molecule has 0 aliphatic heterocycles. The number of benzene rings is 1. The van der Waals surface area contributed by atoms with Gasteiger partial charge in [0.15, 0.2) is 0 Å². The molecule has 0 saturated carbocycles. The number of hydrogen-bond donors (Lipinski definition) is 1. The van der Waals surface area contributed by atoms with Gasteiger partial charge in [0.05, 0.1) is 6.61 Å². The van der Waals surface area contributed by atoms with Gasteiger partial charge >= 0.3 is 6.18 Å². The number of para-hydroxylation sites is 1. The Bertz CT molecular complexity index is 415. The lowest BCUT2D eigenvalue weighted by Crippen LogP contribution is -2.35. The minimum atomic E-state index is -4.42. The molecule has 2 nitrogen and oxygen atoms in total. The van der Waals surface area contributed by atoms with Crippen LogP contribution in [0.5, 0.6) is 5.75 Å². The highest BCUT2D eigenvalue weighted by Crippen LogP contribution is 2.23. The lowest BCUT2D eigenvalue weighted by atomic mass is 10.1. The van der Waals surface area contributed by atoms with E-state index in [-0.39, 0.29) is 0 Å². The number of nitrogens with two attached hydrogens (primary N) is 1. The van der Waals surface area contributed by atoms with Crippen LogP contribution in [0.1, 0.15) is 25.3 Å². The van der Waals surface area contributed by atoms with Crippen LogP contribution >= 0.6 is 0 Å². The van der Waals surface area contributed by atoms with Crippen molar-refractivity contribution in [3.8, 4) is 5.75 Å². The Morgan fingerprint density at radius 1 is 1.32 bits per heavy atom. The van der Waals surface area contributed by atoms with Crippen LogP contribution in [0.2, 0.25) is 0 Å². The van der Waals surface area contributed by atoms with Gasteiger partial charge in [0, 0.05) is 5.56 Å². The SMILES string of the molecule is CCCCOc1ccccc1C=C[C@H](N)C(F)(F)F. The number of alkyl halides is 3. The molecule has 0 aromatic heterocycles. The summed E-state index contributed by atoms with van der Waals surface area (Å²) in [5, 5.41) is 0. The van der Waals surface area contributed by atoms with Crippen molar-refractivity contribution < 1.29 is 17.9 Å². The van der Waals surface area contributed by atoms with Crippen LogP contribution in [0.25, 0.3) is 6.08 Å². The maximum absolute atomic E-state index is 12.3. The van der Waals surface area contributed by atoms with E-state index in [9.17, 15) is 13.2 Å². The summed E-state index contributed by atoms with van der Waals surface area (Å²) in [4.78, 5) is 0. The van der Waals surface area contributed by atoms with E-state index in [4.69, 9.17) is 10.5 Å². The summed E-state index contributed by atoms with van der Waals surface area (Å²) in [6.07, 6.45) is -0.243. The smallest absolute Gasteiger partial charge is 0.407 e. The number of rotatable bonds is 6. The Morgan fingerprint density at radius 3 is 2.63 bits per heavy atom. The van der Waals surface area contributed by atoms with Crippen LogP contribution in [0, 0.1) is 0 Å². The first kappa shape index (κ1) is 15.6. The summed E-state index contributed by atoms with van der Waals surface area (Å²) in [5.74, 6) is 0.571. The van der Waals surface area contributed by atoms with Crippen LogP contribution in [0.4, 0.5) is 13.2 Å². The molecular weight excluding hydrogens is 255 g/mol. The molecule has 2 N–H and O–H groups in total. The van der Waals surface area contributed by atoms with Crippen molar-refractivity contribution >= 4 is 6.08 Å². The van der Waals surface area contributed by atoms with Crippen molar-refractivity contribution in [3.63, 3.8) is 0 Å². The summed E-state index contributed by atoms with van der Waals surface area (Å²) in [7, 11) is 0. The molecule has 1 aromatic rings. The first-order valence-electron chi connectivity index (χ1n) is 6.17. The molecule has 19 heavy (non-hydrogen) atoms. The highest BCUT2D eigenvalue weighted by Gasteiger charge is 2.34. The molecule has 1 atom stereocenters. The zero-order valence-corrected chi connectivity index (χ0v) is 10.8. The maximum Gasteiger partial charge on any atom is 0.407 e. The number of hydrogen-bond acceptors (Lipinski definition) is 2. The van der Waals surface area contributed by atoms with Gasteiger partial charge in [0.2, 0.25) is 0 Å². The summed E-state index contributed by atoms with van der Waals surface area (Å²) >= 11 is 0. The molecule has 1 rings (SSSR count). The minimum absolute atomic E-state index is 0.548. The monoisotopic (exact) mass is 273 g/mol. The average molecular weight is 273 g/mol. The van der Waals surface area contributed by atoms with Gasteiger partial charge in [-0.05, 0) is 12.5 Å². The van der Waals surface area contributed by atoms with Gasteiger partial charge in [-0.2, -0.15) is 13.2 Å². The molecule has 0 radical (unpaired) electrons. The largest absolute Gasteiger partial charge is 0.493 e. The van der Waals surface area contributed by atoms with Gasteiger partial charge < -0.3 is 10.5 Å². The quantitative estimate of drug-likeness (QED) is 0.801. The third-order valence-corrected chi connectivity index (χ3v) is 2.54. The van der Waals surface area contributed by atoms with Crippen LogP contribution in [-0.4, -0.2) is 18.8 Å². The van der Waals surface area contributed by atoms with E-state index < -0.39 is 12.2 Å². The second-order valence-electron chi connectivity index (χ2n) is 4.17. The van der Waals surface area contributed by atoms with Crippen LogP contribution in [0.3, 0.4) is 0 Å². The van der Waals surface area contributed by atoms with Crippen LogP contribution < -0.4 is 10.5 Å². The molecule has 0 bridgehead atoms. The van der Waals surface area contributed by atoms with Crippen LogP contribution in [-0.2, 0) is 0 Å². The highest BCUT2D eigenvalue weighted by molar-refractivity contribution is 5.57. The van der Waals surface area contributed by atoms with Gasteiger partial charge in [-0.15, -0.1) is 0 Å². The van der Waals surface area contributed by atoms with E-state index >= 15 is 0 Å². The predicted octanol–water partition coefficient (Wildman–Crippen LogP) is 3.77. The Morgan fingerprint density at radius 2 is 2.00 bits per heavy atom. The Hall–Kier alpha value is -1.49. The standard InChI is InChI=1S/C14H18F3NO/c1-2-3-10-19-12-7-5-4-6-11(12)8-9-13(18)14(15,16)17/h4-9,13H,2-3,10,18H2,1H3/t13-/m0/s1. The van der Waals surface area contributed by atoms with Gasteiger partial charge in [-0.3, -0.25) is 0 Å². The molecule has 0 heterocycles. The fourth-order valence-corrected chi connectivity index (χ4v) is 1.39. The average Bonchev–Trinajstić information content (AvgIpc) is 2.36. The first-order chi connectivity index (χ1) is 8.95. The minimum Gasteiger partial charge on any atom is -0.493 e. The van der Waals surface area contributed by atoms with E-state index in [0.29, 0.717) is 17.9 Å². The zero-order chi connectivity index (χ0) is 14.3. The van der Waals surface area contributed by atoms with E-state index in [0.717, 1.165) is 18.9 Å². The maximum atomic E-state index is 12.3. The van der Waals surface area contributed by atoms with Gasteiger partial charge in [0.25, 0.3) is 0 Å². The molecule has 0 spiro atoms. The molecular formula is C14H18F3NO. The van der Waals surface area contributed by atoms with E-state index in [1.54, 1.807) is 24.3 Å². The number of unbranched alkanes of at least 4 members (excludes halogenated alkanes) is 1. The summed E-state index contributed by atoms with van der Waals surface area (Å²) in [6.45, 7) is 2.59. The van der Waals surface area contributed by atoms with Gasteiger partial charge in [-0.1, -0.05) is 43.7 Å². The van der Waals surface area contributed by atoms with Gasteiger partial charge in [-0.25, -0.2) is 0 Å². The molecule has 0 fully saturated rings. The Balaban J connectivity index is 2.74. The highest BCUT2D eigenvalue weighted by atomic mass is 19.4. The normalized spacial score (nSPS) is 13.7.